The highest BCUT2D eigenvalue weighted by Gasteiger charge is 2.14. The summed E-state index contributed by atoms with van der Waals surface area (Å²) < 4.78 is 2.27. The first kappa shape index (κ1) is 15.6. The molecular weight excluding hydrogens is 358 g/mol. The van der Waals surface area contributed by atoms with Gasteiger partial charge in [-0.15, -0.1) is 5.10 Å². The van der Waals surface area contributed by atoms with Crippen LogP contribution in [0.15, 0.2) is 42.7 Å². The molecule has 0 saturated heterocycles. The summed E-state index contributed by atoms with van der Waals surface area (Å²) in [5.74, 6) is 0.0253. The van der Waals surface area contributed by atoms with Crippen LogP contribution in [0.1, 0.15) is 25.5 Å². The zero-order chi connectivity index (χ0) is 15.6. The number of nitrogens with two attached hydrogens (primary N) is 1. The average Bonchev–Trinajstić information content (AvgIpc) is 2.79. The lowest BCUT2D eigenvalue weighted by Crippen LogP contribution is -2.19. The zero-order valence-corrected chi connectivity index (χ0v) is 13.8. The van der Waals surface area contributed by atoms with E-state index < -0.39 is 0 Å². The lowest BCUT2D eigenvalue weighted by molar-refractivity contribution is 0.318. The predicted octanol–water partition coefficient (Wildman–Crippen LogP) is 2.16. The summed E-state index contributed by atoms with van der Waals surface area (Å²) in [6.45, 7) is 3.83. The van der Waals surface area contributed by atoms with E-state index in [1.807, 2.05) is 26.0 Å². The Balaban J connectivity index is 2.33. The van der Waals surface area contributed by atoms with Crippen LogP contribution in [0.2, 0.25) is 0 Å². The Hall–Kier alpha value is -1.74. The molecule has 7 nitrogen and oxygen atoms in total. The van der Waals surface area contributed by atoms with E-state index in [1.165, 1.54) is 11.8 Å². The molecule has 0 saturated carbocycles. The Kier molecular flexibility index (Phi) is 4.73. The van der Waals surface area contributed by atoms with Crippen LogP contribution >= 0.6 is 27.7 Å². The lowest BCUT2D eigenvalue weighted by atomic mass is 10.2. The van der Waals surface area contributed by atoms with E-state index >= 15 is 0 Å². The molecular formula is C12H14BrN5O2S. The number of hydrogen-bond acceptors (Lipinski definition) is 5. The Bertz CT molecular complexity index is 737. The van der Waals surface area contributed by atoms with Crippen molar-refractivity contribution >= 4 is 33.5 Å². The number of H-pyrrole nitrogens is 1. The average molecular weight is 372 g/mol. The fourth-order valence-corrected chi connectivity index (χ4v) is 3.48. The Labute approximate surface area is 133 Å². The standard InChI is InChI=1S/C12H14BrN5O2S/c1-6(2)18-11(19)15-16-12(18)21-7-3-4-8(9(13)5-7)10(14)17-20/h3-6,20H,1-2H3,(H2,14,17)(H,15,19). The van der Waals surface area contributed by atoms with Gasteiger partial charge < -0.3 is 10.9 Å². The van der Waals surface area contributed by atoms with Crippen molar-refractivity contribution in [2.75, 3.05) is 0 Å². The second-order valence-corrected chi connectivity index (χ2v) is 6.40. The number of amidine groups is 1. The number of hydrogen-bond donors (Lipinski definition) is 3. The molecule has 112 valence electrons. The molecule has 0 fully saturated rings. The minimum atomic E-state index is -0.236. The predicted molar refractivity (Wildman–Crippen MR) is 84.0 cm³/mol. The molecule has 0 bridgehead atoms. The van der Waals surface area contributed by atoms with Gasteiger partial charge in [-0.1, -0.05) is 5.16 Å². The van der Waals surface area contributed by atoms with Crippen LogP contribution in [0.3, 0.4) is 0 Å². The van der Waals surface area contributed by atoms with Gasteiger partial charge in [0.1, 0.15) is 0 Å². The van der Waals surface area contributed by atoms with Gasteiger partial charge in [-0.05, 0) is 59.7 Å². The first-order valence-corrected chi connectivity index (χ1v) is 7.67. The molecule has 2 aromatic rings. The van der Waals surface area contributed by atoms with Crippen molar-refractivity contribution < 1.29 is 5.21 Å². The summed E-state index contributed by atoms with van der Waals surface area (Å²) in [7, 11) is 0. The van der Waals surface area contributed by atoms with E-state index in [4.69, 9.17) is 10.9 Å². The molecule has 0 aliphatic carbocycles. The Morgan fingerprint density at radius 3 is 2.86 bits per heavy atom. The molecule has 0 radical (unpaired) electrons. The largest absolute Gasteiger partial charge is 0.409 e. The summed E-state index contributed by atoms with van der Waals surface area (Å²) in [5, 5.41) is 18.7. The maximum absolute atomic E-state index is 11.7. The van der Waals surface area contributed by atoms with Gasteiger partial charge in [-0.2, -0.15) is 0 Å². The lowest BCUT2D eigenvalue weighted by Gasteiger charge is -2.09. The molecule has 0 aliphatic heterocycles. The third-order valence-electron chi connectivity index (χ3n) is 2.72. The number of halogens is 1. The minimum Gasteiger partial charge on any atom is -0.409 e. The van der Waals surface area contributed by atoms with Crippen LogP contribution in [-0.2, 0) is 0 Å². The fraction of sp³-hybridized carbons (Fsp3) is 0.250. The van der Waals surface area contributed by atoms with Crippen molar-refractivity contribution in [3.63, 3.8) is 0 Å². The number of rotatable bonds is 4. The number of nitrogens with zero attached hydrogens (tertiary/aromatic N) is 3. The molecule has 2 rings (SSSR count). The van der Waals surface area contributed by atoms with Crippen LogP contribution in [0.4, 0.5) is 0 Å². The third-order valence-corrected chi connectivity index (χ3v) is 4.34. The molecule has 0 unspecified atom stereocenters. The summed E-state index contributed by atoms with van der Waals surface area (Å²) in [4.78, 5) is 12.6. The molecule has 0 atom stereocenters. The molecule has 1 aromatic carbocycles. The first-order valence-electron chi connectivity index (χ1n) is 6.06. The van der Waals surface area contributed by atoms with E-state index in [9.17, 15) is 4.79 Å². The van der Waals surface area contributed by atoms with Crippen molar-refractivity contribution in [2.24, 2.45) is 10.9 Å². The quantitative estimate of drug-likeness (QED) is 0.330. The number of aromatic nitrogens is 3. The van der Waals surface area contributed by atoms with Crippen LogP contribution in [0, 0.1) is 0 Å². The van der Waals surface area contributed by atoms with Gasteiger partial charge in [0, 0.05) is 21.0 Å². The summed E-state index contributed by atoms with van der Waals surface area (Å²) in [5.41, 5.74) is 5.92. The van der Waals surface area contributed by atoms with Gasteiger partial charge in [0.15, 0.2) is 11.0 Å². The van der Waals surface area contributed by atoms with Crippen LogP contribution in [0.5, 0.6) is 0 Å². The molecule has 9 heteroatoms. The van der Waals surface area contributed by atoms with Gasteiger partial charge >= 0.3 is 5.69 Å². The topological polar surface area (TPSA) is 109 Å². The van der Waals surface area contributed by atoms with Crippen LogP contribution < -0.4 is 11.4 Å². The number of nitrogens with one attached hydrogen (secondary N) is 1. The summed E-state index contributed by atoms with van der Waals surface area (Å²) in [6.07, 6.45) is 0. The SMILES string of the molecule is CC(C)n1c(Sc2ccc(/C(N)=N/O)c(Br)c2)n[nH]c1=O. The van der Waals surface area contributed by atoms with Crippen molar-refractivity contribution in [3.05, 3.63) is 38.7 Å². The van der Waals surface area contributed by atoms with Crippen LogP contribution in [0.25, 0.3) is 0 Å². The Morgan fingerprint density at radius 1 is 1.57 bits per heavy atom. The van der Waals surface area contributed by atoms with Crippen LogP contribution in [-0.4, -0.2) is 25.8 Å². The van der Waals surface area contributed by atoms with Gasteiger partial charge in [0.05, 0.1) is 0 Å². The highest BCUT2D eigenvalue weighted by Crippen LogP contribution is 2.30. The van der Waals surface area contributed by atoms with E-state index in [2.05, 4.69) is 31.3 Å². The highest BCUT2D eigenvalue weighted by atomic mass is 79.9. The molecule has 1 heterocycles. The molecule has 0 aliphatic rings. The summed E-state index contributed by atoms with van der Waals surface area (Å²) >= 11 is 4.73. The summed E-state index contributed by atoms with van der Waals surface area (Å²) in [6, 6.07) is 5.37. The van der Waals surface area contributed by atoms with Crippen molar-refractivity contribution in [2.45, 2.75) is 29.9 Å². The van der Waals surface area contributed by atoms with E-state index in [-0.39, 0.29) is 17.6 Å². The van der Waals surface area contributed by atoms with Gasteiger partial charge in [0.2, 0.25) is 0 Å². The molecule has 1 aromatic heterocycles. The number of oxime groups is 1. The van der Waals surface area contributed by atoms with Gasteiger partial charge in [0.25, 0.3) is 0 Å². The third kappa shape index (κ3) is 3.30. The van der Waals surface area contributed by atoms with E-state index in [1.54, 1.807) is 10.6 Å². The molecule has 0 spiro atoms. The second kappa shape index (κ2) is 6.35. The molecule has 21 heavy (non-hydrogen) atoms. The smallest absolute Gasteiger partial charge is 0.344 e. The fourth-order valence-electron chi connectivity index (χ4n) is 1.74. The van der Waals surface area contributed by atoms with Crippen molar-refractivity contribution in [3.8, 4) is 0 Å². The van der Waals surface area contributed by atoms with E-state index in [0.717, 1.165) is 4.90 Å². The first-order chi connectivity index (χ1) is 9.93. The van der Waals surface area contributed by atoms with Crippen molar-refractivity contribution in [1.82, 2.24) is 14.8 Å². The monoisotopic (exact) mass is 371 g/mol. The normalized spacial score (nSPS) is 12.1. The van der Waals surface area contributed by atoms with Gasteiger partial charge in [-0.25, -0.2) is 9.89 Å². The molecule has 4 N–H and O–H groups in total. The van der Waals surface area contributed by atoms with E-state index in [0.29, 0.717) is 15.2 Å². The molecule has 0 amide bonds. The van der Waals surface area contributed by atoms with Gasteiger partial charge in [-0.3, -0.25) is 4.57 Å². The maximum atomic E-state index is 11.7. The number of benzene rings is 1. The number of aromatic amines is 1. The Morgan fingerprint density at radius 2 is 2.29 bits per heavy atom. The zero-order valence-electron chi connectivity index (χ0n) is 11.4. The highest BCUT2D eigenvalue weighted by molar-refractivity contribution is 9.10. The maximum Gasteiger partial charge on any atom is 0.344 e. The van der Waals surface area contributed by atoms with Crippen molar-refractivity contribution in [1.29, 1.82) is 0 Å². The second-order valence-electron chi connectivity index (χ2n) is 4.50. The minimum absolute atomic E-state index is 0.0126.